The lowest BCUT2D eigenvalue weighted by Crippen LogP contribution is -2.32. The second-order valence-corrected chi connectivity index (χ2v) is 3.54. The van der Waals surface area contributed by atoms with Gasteiger partial charge in [-0.25, -0.2) is 0 Å². The van der Waals surface area contributed by atoms with Crippen molar-refractivity contribution in [2.45, 2.75) is 13.3 Å². The normalized spacial score (nSPS) is 9.67. The third-order valence-electron chi connectivity index (χ3n) is 2.01. The second kappa shape index (κ2) is 6.24. The predicted molar refractivity (Wildman–Crippen MR) is 66.1 cm³/mol. The maximum Gasteiger partial charge on any atom is 0.163 e. The average Bonchev–Trinajstić information content (AvgIpc) is 2.24. The number of ether oxygens (including phenoxy) is 1. The minimum Gasteiger partial charge on any atom is -0.491 e. The fraction of sp³-hybridized carbons (Fsp3) is 0.364. The first-order chi connectivity index (χ1) is 7.24. The number of thiocarbonyl (C=S) groups is 1. The van der Waals surface area contributed by atoms with Gasteiger partial charge < -0.3 is 15.8 Å². The van der Waals surface area contributed by atoms with E-state index in [9.17, 15) is 0 Å². The Hall–Kier alpha value is -1.29. The smallest absolute Gasteiger partial charge is 0.163 e. The SMILES string of the molecule is CCc1ccccc1OCCNC(N)=S. The summed E-state index contributed by atoms with van der Waals surface area (Å²) in [6.45, 7) is 3.30. The number of nitrogens with two attached hydrogens (primary N) is 1. The third kappa shape index (κ3) is 4.16. The lowest BCUT2D eigenvalue weighted by molar-refractivity contribution is 0.319. The molecule has 82 valence electrons. The summed E-state index contributed by atoms with van der Waals surface area (Å²) in [7, 11) is 0. The summed E-state index contributed by atoms with van der Waals surface area (Å²) in [5.41, 5.74) is 6.51. The monoisotopic (exact) mass is 224 g/mol. The Morgan fingerprint density at radius 2 is 2.20 bits per heavy atom. The highest BCUT2D eigenvalue weighted by molar-refractivity contribution is 7.80. The van der Waals surface area contributed by atoms with Crippen LogP contribution in [0.1, 0.15) is 12.5 Å². The largest absolute Gasteiger partial charge is 0.491 e. The molecule has 0 saturated heterocycles. The van der Waals surface area contributed by atoms with Crippen LogP contribution in [0.15, 0.2) is 24.3 Å². The Kier molecular flexibility index (Phi) is 4.90. The number of hydrogen-bond donors (Lipinski definition) is 2. The van der Waals surface area contributed by atoms with Gasteiger partial charge in [0, 0.05) is 0 Å². The quantitative estimate of drug-likeness (QED) is 0.587. The number of nitrogens with one attached hydrogen (secondary N) is 1. The molecular formula is C11H16N2OS. The zero-order chi connectivity index (χ0) is 11.1. The Labute approximate surface area is 95.6 Å². The number of para-hydroxylation sites is 1. The van der Waals surface area contributed by atoms with Crippen molar-refractivity contribution in [2.75, 3.05) is 13.2 Å². The Balaban J connectivity index is 2.39. The highest BCUT2D eigenvalue weighted by atomic mass is 32.1. The molecule has 3 N–H and O–H groups in total. The zero-order valence-corrected chi connectivity index (χ0v) is 9.64. The summed E-state index contributed by atoms with van der Waals surface area (Å²) < 4.78 is 5.60. The van der Waals surface area contributed by atoms with Crippen LogP contribution in [0.25, 0.3) is 0 Å². The van der Waals surface area contributed by atoms with Crippen LogP contribution in [0.2, 0.25) is 0 Å². The van der Waals surface area contributed by atoms with E-state index in [1.54, 1.807) is 0 Å². The number of hydrogen-bond acceptors (Lipinski definition) is 2. The molecule has 0 aromatic heterocycles. The fourth-order valence-electron chi connectivity index (χ4n) is 1.27. The highest BCUT2D eigenvalue weighted by Gasteiger charge is 1.99. The molecule has 0 aliphatic rings. The van der Waals surface area contributed by atoms with Gasteiger partial charge in [-0.2, -0.15) is 0 Å². The standard InChI is InChI=1S/C11H16N2OS/c1-2-9-5-3-4-6-10(9)14-8-7-13-11(12)15/h3-6H,2,7-8H2,1H3,(H3,12,13,15). The molecule has 0 heterocycles. The summed E-state index contributed by atoms with van der Waals surface area (Å²) in [6.07, 6.45) is 0.971. The molecule has 0 atom stereocenters. The van der Waals surface area contributed by atoms with Crippen molar-refractivity contribution in [1.29, 1.82) is 0 Å². The van der Waals surface area contributed by atoms with Gasteiger partial charge >= 0.3 is 0 Å². The van der Waals surface area contributed by atoms with E-state index in [-0.39, 0.29) is 0 Å². The molecular weight excluding hydrogens is 208 g/mol. The molecule has 0 unspecified atom stereocenters. The lowest BCUT2D eigenvalue weighted by atomic mass is 10.1. The van der Waals surface area contributed by atoms with Gasteiger partial charge in [-0.1, -0.05) is 25.1 Å². The van der Waals surface area contributed by atoms with Gasteiger partial charge in [0.05, 0.1) is 6.54 Å². The minimum absolute atomic E-state index is 0.308. The summed E-state index contributed by atoms with van der Waals surface area (Å²) >= 11 is 4.69. The van der Waals surface area contributed by atoms with Crippen LogP contribution in [-0.2, 0) is 6.42 Å². The van der Waals surface area contributed by atoms with Crippen LogP contribution in [0.5, 0.6) is 5.75 Å². The molecule has 0 saturated carbocycles. The third-order valence-corrected chi connectivity index (χ3v) is 2.16. The van der Waals surface area contributed by atoms with Crippen molar-refractivity contribution in [2.24, 2.45) is 5.73 Å². The van der Waals surface area contributed by atoms with Crippen molar-refractivity contribution < 1.29 is 4.74 Å². The molecule has 1 aromatic rings. The van der Waals surface area contributed by atoms with Crippen LogP contribution < -0.4 is 15.8 Å². The van der Waals surface area contributed by atoms with Crippen LogP contribution in [-0.4, -0.2) is 18.3 Å². The van der Waals surface area contributed by atoms with Crippen LogP contribution >= 0.6 is 12.2 Å². The molecule has 0 radical (unpaired) electrons. The average molecular weight is 224 g/mol. The summed E-state index contributed by atoms with van der Waals surface area (Å²) in [6, 6.07) is 8.02. The molecule has 0 fully saturated rings. The number of aryl methyl sites for hydroxylation is 1. The molecule has 0 amide bonds. The van der Waals surface area contributed by atoms with Crippen molar-refractivity contribution in [3.8, 4) is 5.75 Å². The van der Waals surface area contributed by atoms with E-state index in [4.69, 9.17) is 10.5 Å². The van der Waals surface area contributed by atoms with Gasteiger partial charge in [0.25, 0.3) is 0 Å². The van der Waals surface area contributed by atoms with E-state index >= 15 is 0 Å². The predicted octanol–water partition coefficient (Wildman–Crippen LogP) is 1.46. The maximum atomic E-state index is 5.60. The van der Waals surface area contributed by atoms with Gasteiger partial charge in [0.2, 0.25) is 0 Å². The van der Waals surface area contributed by atoms with E-state index in [0.29, 0.717) is 18.3 Å². The Morgan fingerprint density at radius 3 is 2.87 bits per heavy atom. The molecule has 0 aliphatic heterocycles. The van der Waals surface area contributed by atoms with Gasteiger partial charge in [-0.15, -0.1) is 0 Å². The Morgan fingerprint density at radius 1 is 1.47 bits per heavy atom. The molecule has 1 rings (SSSR count). The molecule has 0 aliphatic carbocycles. The topological polar surface area (TPSA) is 47.3 Å². The van der Waals surface area contributed by atoms with Gasteiger partial charge in [-0.05, 0) is 30.3 Å². The molecule has 0 bridgehead atoms. The van der Waals surface area contributed by atoms with Crippen LogP contribution in [0.4, 0.5) is 0 Å². The molecule has 15 heavy (non-hydrogen) atoms. The minimum atomic E-state index is 0.308. The molecule has 0 spiro atoms. The Bertz CT molecular complexity index is 328. The van der Waals surface area contributed by atoms with Crippen LogP contribution in [0, 0.1) is 0 Å². The van der Waals surface area contributed by atoms with Crippen molar-refractivity contribution in [3.63, 3.8) is 0 Å². The highest BCUT2D eigenvalue weighted by Crippen LogP contribution is 2.17. The number of benzene rings is 1. The number of rotatable bonds is 5. The van der Waals surface area contributed by atoms with Crippen molar-refractivity contribution in [1.82, 2.24) is 5.32 Å². The van der Waals surface area contributed by atoms with E-state index < -0.39 is 0 Å². The zero-order valence-electron chi connectivity index (χ0n) is 8.82. The van der Waals surface area contributed by atoms with Gasteiger partial charge in [-0.3, -0.25) is 0 Å². The maximum absolute atomic E-state index is 5.60. The summed E-state index contributed by atoms with van der Waals surface area (Å²) in [5, 5.41) is 3.15. The molecule has 3 nitrogen and oxygen atoms in total. The van der Waals surface area contributed by atoms with E-state index in [2.05, 4.69) is 30.5 Å². The molecule has 1 aromatic carbocycles. The van der Waals surface area contributed by atoms with Crippen molar-refractivity contribution in [3.05, 3.63) is 29.8 Å². The van der Waals surface area contributed by atoms with Crippen molar-refractivity contribution >= 4 is 17.3 Å². The van der Waals surface area contributed by atoms with E-state index in [1.807, 2.05) is 18.2 Å². The molecule has 4 heteroatoms. The summed E-state index contributed by atoms with van der Waals surface area (Å²) in [5.74, 6) is 0.935. The van der Waals surface area contributed by atoms with Crippen LogP contribution in [0.3, 0.4) is 0 Å². The van der Waals surface area contributed by atoms with E-state index in [1.165, 1.54) is 5.56 Å². The fourth-order valence-corrected chi connectivity index (χ4v) is 1.37. The van der Waals surface area contributed by atoms with E-state index in [0.717, 1.165) is 12.2 Å². The summed E-state index contributed by atoms with van der Waals surface area (Å²) in [4.78, 5) is 0. The first-order valence-corrected chi connectivity index (χ1v) is 5.39. The second-order valence-electron chi connectivity index (χ2n) is 3.10. The first-order valence-electron chi connectivity index (χ1n) is 4.98. The first kappa shape index (κ1) is 11.8. The lowest BCUT2D eigenvalue weighted by Gasteiger charge is -2.10. The van der Waals surface area contributed by atoms with Gasteiger partial charge in [0.1, 0.15) is 12.4 Å². The van der Waals surface area contributed by atoms with Gasteiger partial charge in [0.15, 0.2) is 5.11 Å².